The fourth-order valence-corrected chi connectivity index (χ4v) is 5.34. The molecule has 0 heterocycles. The maximum atomic E-state index is 13.5. The van der Waals surface area contributed by atoms with Crippen LogP contribution in [0.25, 0.3) is 6.08 Å². The van der Waals surface area contributed by atoms with Crippen LogP contribution in [0, 0.1) is 0 Å². The predicted molar refractivity (Wildman–Crippen MR) is 177 cm³/mol. The number of amides is 3. The minimum absolute atomic E-state index is 0.0178. The molecule has 0 radical (unpaired) electrons. The molecule has 0 bridgehead atoms. The summed E-state index contributed by atoms with van der Waals surface area (Å²) in [4.78, 5) is 40.4. The summed E-state index contributed by atoms with van der Waals surface area (Å²) in [5.41, 5.74) is 2.02. The Kier molecular flexibility index (Phi) is 11.5. The van der Waals surface area contributed by atoms with Crippen LogP contribution in [0.1, 0.15) is 29.3 Å². The summed E-state index contributed by atoms with van der Waals surface area (Å²) in [5, 5.41) is 8.52. The summed E-state index contributed by atoms with van der Waals surface area (Å²) in [5.74, 6) is -0.0581. The Morgan fingerprint density at radius 3 is 2.32 bits per heavy atom. The number of rotatable bonds is 12. The van der Waals surface area contributed by atoms with E-state index in [9.17, 15) is 14.4 Å². The molecule has 8 nitrogen and oxygen atoms in total. The third-order valence-electron chi connectivity index (χ3n) is 6.43. The van der Waals surface area contributed by atoms with Crippen molar-refractivity contribution in [2.45, 2.75) is 23.5 Å². The first-order valence-electron chi connectivity index (χ1n) is 13.7. The Morgan fingerprint density at radius 2 is 1.61 bits per heavy atom. The fraction of sp³-hybridized carbons (Fsp3) is 0.147. The summed E-state index contributed by atoms with van der Waals surface area (Å²) < 4.78 is 10.6. The quantitative estimate of drug-likeness (QED) is 0.112. The van der Waals surface area contributed by atoms with Gasteiger partial charge in [0.25, 0.3) is 11.8 Å². The Hall–Kier alpha value is -4.73. The highest BCUT2D eigenvalue weighted by Gasteiger charge is 2.21. The lowest BCUT2D eigenvalue weighted by molar-refractivity contribution is -0.116. The summed E-state index contributed by atoms with van der Waals surface area (Å²) in [6.07, 6.45) is 2.09. The van der Waals surface area contributed by atoms with Crippen LogP contribution in [0.3, 0.4) is 0 Å². The maximum Gasteiger partial charge on any atom is 0.272 e. The van der Waals surface area contributed by atoms with E-state index in [4.69, 9.17) is 21.1 Å². The number of methoxy groups -OCH3 is 2. The SMILES string of the molecule is CCC(Sc1cccc(NC(=O)/C(=C\c2ccccc2Cl)NC(=O)c2ccccc2)c1)C(=O)Nc1ccc(OC)cc1OC. The molecule has 0 spiro atoms. The highest BCUT2D eigenvalue weighted by atomic mass is 35.5. The molecular formula is C34H32ClN3O5S. The molecule has 1 atom stereocenters. The van der Waals surface area contributed by atoms with Gasteiger partial charge in [0, 0.05) is 27.2 Å². The molecule has 0 aliphatic carbocycles. The molecule has 0 aromatic heterocycles. The second-order valence-electron chi connectivity index (χ2n) is 9.45. The number of anilines is 2. The predicted octanol–water partition coefficient (Wildman–Crippen LogP) is 7.28. The van der Waals surface area contributed by atoms with Gasteiger partial charge in [0.05, 0.1) is 25.2 Å². The number of ether oxygens (including phenoxy) is 2. The van der Waals surface area contributed by atoms with E-state index in [0.29, 0.717) is 45.4 Å². The molecular weight excluding hydrogens is 598 g/mol. The van der Waals surface area contributed by atoms with Gasteiger partial charge in [-0.25, -0.2) is 0 Å². The van der Waals surface area contributed by atoms with E-state index in [1.807, 2.05) is 13.0 Å². The molecule has 0 saturated heterocycles. The minimum Gasteiger partial charge on any atom is -0.497 e. The van der Waals surface area contributed by atoms with Crippen molar-refractivity contribution in [2.75, 3.05) is 24.9 Å². The monoisotopic (exact) mass is 629 g/mol. The van der Waals surface area contributed by atoms with Crippen molar-refractivity contribution < 1.29 is 23.9 Å². The topological polar surface area (TPSA) is 106 Å². The van der Waals surface area contributed by atoms with Gasteiger partial charge in [-0.2, -0.15) is 0 Å². The highest BCUT2D eigenvalue weighted by molar-refractivity contribution is 8.00. The van der Waals surface area contributed by atoms with Crippen LogP contribution >= 0.6 is 23.4 Å². The number of hydrogen-bond acceptors (Lipinski definition) is 6. The van der Waals surface area contributed by atoms with Crippen molar-refractivity contribution in [3.8, 4) is 11.5 Å². The average Bonchev–Trinajstić information content (AvgIpc) is 3.04. The molecule has 4 aromatic rings. The van der Waals surface area contributed by atoms with Crippen LogP contribution in [0.4, 0.5) is 11.4 Å². The van der Waals surface area contributed by atoms with Crippen LogP contribution in [0.5, 0.6) is 11.5 Å². The Bertz CT molecular complexity index is 1660. The molecule has 226 valence electrons. The van der Waals surface area contributed by atoms with E-state index < -0.39 is 17.1 Å². The zero-order valence-corrected chi connectivity index (χ0v) is 26.0. The second kappa shape index (κ2) is 15.7. The van der Waals surface area contributed by atoms with Crippen molar-refractivity contribution in [3.05, 3.63) is 119 Å². The zero-order chi connectivity index (χ0) is 31.5. The van der Waals surface area contributed by atoms with Gasteiger partial charge in [0.2, 0.25) is 5.91 Å². The summed E-state index contributed by atoms with van der Waals surface area (Å²) in [6.45, 7) is 1.93. The number of carbonyl (C=O) groups excluding carboxylic acids is 3. The first-order valence-corrected chi connectivity index (χ1v) is 15.0. The van der Waals surface area contributed by atoms with Crippen molar-refractivity contribution >= 4 is 58.5 Å². The number of halogens is 1. The lowest BCUT2D eigenvalue weighted by Gasteiger charge is -2.17. The van der Waals surface area contributed by atoms with Gasteiger partial charge in [0.15, 0.2) is 0 Å². The molecule has 10 heteroatoms. The Labute approximate surface area is 265 Å². The molecule has 0 fully saturated rings. The molecule has 3 amide bonds. The number of benzene rings is 4. The van der Waals surface area contributed by atoms with E-state index >= 15 is 0 Å². The standard InChI is InChI=1S/C34H32ClN3O5S/c1-4-31(34(41)37-28-18-17-25(42-2)21-30(28)43-3)44-26-15-10-14-24(20-26)36-33(40)29(19-23-13-8-9-16-27(23)35)38-32(39)22-11-6-5-7-12-22/h5-21,31H,4H2,1-3H3,(H,36,40)(H,37,41)(H,38,39)/b29-19+. The third-order valence-corrected chi connectivity index (χ3v) is 8.14. The molecule has 44 heavy (non-hydrogen) atoms. The summed E-state index contributed by atoms with van der Waals surface area (Å²) >= 11 is 7.71. The van der Waals surface area contributed by atoms with Gasteiger partial charge in [-0.05, 0) is 66.6 Å². The van der Waals surface area contributed by atoms with Gasteiger partial charge in [-0.15, -0.1) is 11.8 Å². The first-order chi connectivity index (χ1) is 21.3. The fourth-order valence-electron chi connectivity index (χ4n) is 4.14. The molecule has 4 aromatic carbocycles. The largest absolute Gasteiger partial charge is 0.497 e. The van der Waals surface area contributed by atoms with Gasteiger partial charge in [-0.3, -0.25) is 14.4 Å². The molecule has 3 N–H and O–H groups in total. The van der Waals surface area contributed by atoms with E-state index in [-0.39, 0.29) is 11.6 Å². The van der Waals surface area contributed by atoms with Crippen LogP contribution in [-0.2, 0) is 9.59 Å². The molecule has 4 rings (SSSR count). The van der Waals surface area contributed by atoms with Gasteiger partial charge in [0.1, 0.15) is 17.2 Å². The molecule has 0 saturated carbocycles. The molecule has 0 aliphatic heterocycles. The first kappa shape index (κ1) is 32.2. The van der Waals surface area contributed by atoms with Gasteiger partial charge < -0.3 is 25.4 Å². The van der Waals surface area contributed by atoms with E-state index in [1.54, 1.807) is 98.1 Å². The minimum atomic E-state index is -0.535. The normalized spacial score (nSPS) is 11.7. The lowest BCUT2D eigenvalue weighted by atomic mass is 10.1. The van der Waals surface area contributed by atoms with Crippen LogP contribution < -0.4 is 25.4 Å². The van der Waals surface area contributed by atoms with Crippen LogP contribution in [0.15, 0.2) is 108 Å². The Balaban J connectivity index is 1.50. The van der Waals surface area contributed by atoms with Crippen molar-refractivity contribution in [3.63, 3.8) is 0 Å². The smallest absolute Gasteiger partial charge is 0.272 e. The number of nitrogens with one attached hydrogen (secondary N) is 3. The lowest BCUT2D eigenvalue weighted by Crippen LogP contribution is -2.30. The van der Waals surface area contributed by atoms with Gasteiger partial charge >= 0.3 is 0 Å². The van der Waals surface area contributed by atoms with E-state index in [0.717, 1.165) is 4.90 Å². The van der Waals surface area contributed by atoms with Crippen LogP contribution in [0.2, 0.25) is 5.02 Å². The molecule has 1 unspecified atom stereocenters. The highest BCUT2D eigenvalue weighted by Crippen LogP contribution is 2.32. The maximum absolute atomic E-state index is 13.5. The van der Waals surface area contributed by atoms with Crippen molar-refractivity contribution in [2.24, 2.45) is 0 Å². The number of thioether (sulfide) groups is 1. The second-order valence-corrected chi connectivity index (χ2v) is 11.1. The van der Waals surface area contributed by atoms with E-state index in [2.05, 4.69) is 16.0 Å². The zero-order valence-electron chi connectivity index (χ0n) is 24.4. The average molecular weight is 630 g/mol. The van der Waals surface area contributed by atoms with Crippen LogP contribution in [-0.4, -0.2) is 37.2 Å². The van der Waals surface area contributed by atoms with Crippen molar-refractivity contribution in [1.29, 1.82) is 0 Å². The number of carbonyl (C=O) groups is 3. The summed E-state index contributed by atoms with van der Waals surface area (Å²) in [6, 6.07) is 28.0. The summed E-state index contributed by atoms with van der Waals surface area (Å²) in [7, 11) is 3.09. The Morgan fingerprint density at radius 1 is 0.864 bits per heavy atom. The third kappa shape index (κ3) is 8.65. The van der Waals surface area contributed by atoms with E-state index in [1.165, 1.54) is 24.9 Å². The molecule has 0 aliphatic rings. The number of hydrogen-bond donors (Lipinski definition) is 3. The van der Waals surface area contributed by atoms with Crippen molar-refractivity contribution in [1.82, 2.24) is 5.32 Å². The van der Waals surface area contributed by atoms with Gasteiger partial charge in [-0.1, -0.05) is 61.0 Å².